The van der Waals surface area contributed by atoms with Gasteiger partial charge in [0.2, 0.25) is 0 Å². The van der Waals surface area contributed by atoms with Crippen molar-refractivity contribution in [3.63, 3.8) is 0 Å². The Morgan fingerprint density at radius 1 is 1.22 bits per heavy atom. The van der Waals surface area contributed by atoms with Gasteiger partial charge in [0.25, 0.3) is 0 Å². The number of hydrogen-bond acceptors (Lipinski definition) is 4. The van der Waals surface area contributed by atoms with Gasteiger partial charge >= 0.3 is 6.09 Å². The summed E-state index contributed by atoms with van der Waals surface area (Å²) in [5.74, 6) is 0. The minimum atomic E-state index is -1.13. The van der Waals surface area contributed by atoms with Crippen LogP contribution in [-0.2, 0) is 6.42 Å². The number of nitrogens with one attached hydrogen (secondary N) is 2. The lowest BCUT2D eigenvalue weighted by Crippen LogP contribution is -2.49. The van der Waals surface area contributed by atoms with Crippen LogP contribution in [0.1, 0.15) is 50.5 Å². The Morgan fingerprint density at radius 2 is 1.93 bits per heavy atom. The molecule has 1 aliphatic carbocycles. The first-order valence-electron chi connectivity index (χ1n) is 9.84. The highest BCUT2D eigenvalue weighted by Crippen LogP contribution is 2.39. The number of amides is 1. The molecule has 148 valence electrons. The highest BCUT2D eigenvalue weighted by molar-refractivity contribution is 5.65. The van der Waals surface area contributed by atoms with Gasteiger partial charge < -0.3 is 20.8 Å². The van der Waals surface area contributed by atoms with Gasteiger partial charge in [-0.25, -0.2) is 4.79 Å². The number of aliphatic hydroxyl groups excluding tert-OH is 1. The number of carboxylic acid groups (broad SMARTS) is 1. The first-order valence-corrected chi connectivity index (χ1v) is 9.84. The number of aliphatic hydroxyl groups is 1. The third kappa shape index (κ3) is 7.20. The fourth-order valence-electron chi connectivity index (χ4n) is 4.08. The maximum atomic E-state index is 11.1. The average molecular weight is 373 g/mol. The number of hydrogen-bond donors (Lipinski definition) is 4. The van der Waals surface area contributed by atoms with Crippen molar-refractivity contribution in [2.45, 2.75) is 63.5 Å². The fraction of sp³-hybridized carbons (Fsp3) is 0.619. The molecule has 27 heavy (non-hydrogen) atoms. The Labute approximate surface area is 161 Å². The number of benzene rings is 1. The van der Waals surface area contributed by atoms with Crippen molar-refractivity contribution < 1.29 is 15.0 Å². The zero-order valence-corrected chi connectivity index (χ0v) is 15.9. The van der Waals surface area contributed by atoms with Crippen LogP contribution < -0.4 is 10.6 Å². The summed E-state index contributed by atoms with van der Waals surface area (Å²) in [6.07, 6.45) is 5.77. The van der Waals surface area contributed by atoms with Crippen molar-refractivity contribution in [1.29, 1.82) is 5.26 Å². The molecule has 1 fully saturated rings. The lowest BCUT2D eigenvalue weighted by Gasteiger charge is -2.37. The average Bonchev–Trinajstić information content (AvgIpc) is 2.67. The molecule has 0 heterocycles. The van der Waals surface area contributed by atoms with Crippen molar-refractivity contribution in [2.75, 3.05) is 13.1 Å². The van der Waals surface area contributed by atoms with E-state index in [4.69, 9.17) is 10.4 Å². The van der Waals surface area contributed by atoms with Crippen LogP contribution in [0.4, 0.5) is 4.79 Å². The molecule has 2 rings (SSSR count). The van der Waals surface area contributed by atoms with Crippen molar-refractivity contribution in [1.82, 2.24) is 10.6 Å². The van der Waals surface area contributed by atoms with E-state index in [-0.39, 0.29) is 5.41 Å². The summed E-state index contributed by atoms with van der Waals surface area (Å²) in [6.45, 7) is 1.09. The Bertz CT molecular complexity index is 609. The summed E-state index contributed by atoms with van der Waals surface area (Å²) in [5.41, 5.74) is 1.11. The second-order valence-corrected chi connectivity index (χ2v) is 7.66. The molecule has 2 atom stereocenters. The normalized spacial score (nSPS) is 18.2. The van der Waals surface area contributed by atoms with E-state index in [1.165, 1.54) is 19.3 Å². The second kappa shape index (κ2) is 10.9. The summed E-state index contributed by atoms with van der Waals surface area (Å²) in [7, 11) is 0. The van der Waals surface area contributed by atoms with Crippen LogP contribution in [0.2, 0.25) is 0 Å². The van der Waals surface area contributed by atoms with E-state index >= 15 is 0 Å². The number of carbonyl (C=O) groups is 1. The lowest BCUT2D eigenvalue weighted by atomic mass is 9.71. The molecule has 1 aromatic rings. The highest BCUT2D eigenvalue weighted by atomic mass is 16.4. The minimum absolute atomic E-state index is 0.128. The predicted octanol–water partition coefficient (Wildman–Crippen LogP) is 3.07. The highest BCUT2D eigenvalue weighted by Gasteiger charge is 2.31. The number of nitrogens with zero attached hydrogens (tertiary/aromatic N) is 1. The molecule has 0 unspecified atom stereocenters. The maximum Gasteiger partial charge on any atom is 0.404 e. The van der Waals surface area contributed by atoms with Crippen molar-refractivity contribution >= 4 is 6.09 Å². The van der Waals surface area contributed by atoms with Gasteiger partial charge in [0, 0.05) is 19.5 Å². The molecule has 0 spiro atoms. The van der Waals surface area contributed by atoms with Crippen LogP contribution in [0.25, 0.3) is 0 Å². The summed E-state index contributed by atoms with van der Waals surface area (Å²) in [4.78, 5) is 11.1. The van der Waals surface area contributed by atoms with E-state index in [1.54, 1.807) is 0 Å². The monoisotopic (exact) mass is 373 g/mol. The molecular formula is C21H31N3O3. The van der Waals surface area contributed by atoms with Gasteiger partial charge in [-0.15, -0.1) is 0 Å². The Hall–Kier alpha value is -2.10. The molecule has 0 aliphatic heterocycles. The van der Waals surface area contributed by atoms with Crippen molar-refractivity contribution in [3.8, 4) is 6.07 Å². The molecule has 6 heteroatoms. The molecule has 1 amide bonds. The van der Waals surface area contributed by atoms with Crippen molar-refractivity contribution in [3.05, 3.63) is 35.9 Å². The zero-order chi connectivity index (χ0) is 19.5. The second-order valence-electron chi connectivity index (χ2n) is 7.66. The quantitative estimate of drug-likeness (QED) is 0.504. The smallest absolute Gasteiger partial charge is 0.404 e. The predicted molar refractivity (Wildman–Crippen MR) is 104 cm³/mol. The molecule has 4 N–H and O–H groups in total. The standard InChI is InChI=1S/C21H31N3O3/c22-13-7-12-21(10-5-2-6-11-21)16-23-15-19(25)18(24-20(26)27)14-17-8-3-1-4-9-17/h1,3-4,8-9,18-19,23-25H,2,5-7,10-12,14-16H2,(H,26,27)/t18-,19+/m0/s1. The van der Waals surface area contributed by atoms with Crippen molar-refractivity contribution in [2.24, 2.45) is 5.41 Å². The van der Waals surface area contributed by atoms with E-state index in [0.717, 1.165) is 31.4 Å². The Balaban J connectivity index is 1.90. The lowest BCUT2D eigenvalue weighted by molar-refractivity contribution is 0.106. The third-order valence-electron chi connectivity index (χ3n) is 5.61. The van der Waals surface area contributed by atoms with Gasteiger partial charge in [0.1, 0.15) is 0 Å². The minimum Gasteiger partial charge on any atom is -0.465 e. The van der Waals surface area contributed by atoms with E-state index in [0.29, 0.717) is 19.4 Å². The van der Waals surface area contributed by atoms with Crippen LogP contribution in [0.5, 0.6) is 0 Å². The molecule has 0 bridgehead atoms. The summed E-state index contributed by atoms with van der Waals surface area (Å²) in [6, 6.07) is 11.2. The molecule has 1 aromatic carbocycles. The van der Waals surface area contributed by atoms with E-state index in [9.17, 15) is 9.90 Å². The van der Waals surface area contributed by atoms with Gasteiger partial charge in [-0.05, 0) is 36.7 Å². The van der Waals surface area contributed by atoms with Gasteiger partial charge in [-0.3, -0.25) is 0 Å². The van der Waals surface area contributed by atoms with Crippen LogP contribution in [0.15, 0.2) is 30.3 Å². The number of nitriles is 1. The maximum absolute atomic E-state index is 11.1. The first kappa shape index (κ1) is 21.2. The molecule has 0 aromatic heterocycles. The van der Waals surface area contributed by atoms with Crippen LogP contribution in [0, 0.1) is 16.7 Å². The molecule has 0 saturated heterocycles. The molecule has 6 nitrogen and oxygen atoms in total. The topological polar surface area (TPSA) is 105 Å². The van der Waals surface area contributed by atoms with E-state index in [1.807, 2.05) is 30.3 Å². The molecule has 1 aliphatic rings. The van der Waals surface area contributed by atoms with Gasteiger partial charge in [-0.1, -0.05) is 49.6 Å². The summed E-state index contributed by atoms with van der Waals surface area (Å²) in [5, 5.41) is 34.4. The van der Waals surface area contributed by atoms with Gasteiger partial charge in [0.05, 0.1) is 18.2 Å². The Morgan fingerprint density at radius 3 is 2.56 bits per heavy atom. The number of rotatable bonds is 10. The molecule has 0 radical (unpaired) electrons. The van der Waals surface area contributed by atoms with Crippen LogP contribution in [0.3, 0.4) is 0 Å². The Kier molecular flexibility index (Phi) is 8.56. The van der Waals surface area contributed by atoms with E-state index < -0.39 is 18.2 Å². The molecular weight excluding hydrogens is 342 g/mol. The summed E-state index contributed by atoms with van der Waals surface area (Å²) >= 11 is 0. The summed E-state index contributed by atoms with van der Waals surface area (Å²) < 4.78 is 0. The van der Waals surface area contributed by atoms with Crippen LogP contribution in [-0.4, -0.2) is 41.5 Å². The SMILES string of the molecule is N#CCCC1(CNC[C@@H](O)[C@H](Cc2ccccc2)NC(=O)O)CCCCC1. The first-order chi connectivity index (χ1) is 13.0. The third-order valence-corrected chi connectivity index (χ3v) is 5.61. The molecule has 1 saturated carbocycles. The zero-order valence-electron chi connectivity index (χ0n) is 15.9. The van der Waals surface area contributed by atoms with Crippen LogP contribution >= 0.6 is 0 Å². The largest absolute Gasteiger partial charge is 0.465 e. The van der Waals surface area contributed by atoms with Gasteiger partial charge in [-0.2, -0.15) is 5.26 Å². The van der Waals surface area contributed by atoms with Gasteiger partial charge in [0.15, 0.2) is 0 Å². The van der Waals surface area contributed by atoms with E-state index in [2.05, 4.69) is 16.7 Å². The fourth-order valence-corrected chi connectivity index (χ4v) is 4.08.